The largest absolute Gasteiger partial charge is 0.481 e. The van der Waals surface area contributed by atoms with Crippen molar-refractivity contribution in [3.63, 3.8) is 0 Å². The minimum absolute atomic E-state index is 0.178. The van der Waals surface area contributed by atoms with Crippen LogP contribution < -0.4 is 5.73 Å². The van der Waals surface area contributed by atoms with Crippen LogP contribution in [0.3, 0.4) is 0 Å². The van der Waals surface area contributed by atoms with Crippen LogP contribution in [0, 0.1) is 0 Å². The maximum Gasteiger partial charge on any atom is 0.305 e. The number of likely N-dealkylation sites (N-methyl/N-ethyl adjacent to an activating group) is 1. The summed E-state index contributed by atoms with van der Waals surface area (Å²) in [5, 5.41) is 9.73. The monoisotopic (exact) mass is 372 g/mol. The number of hydrogen-bond donors (Lipinski definition) is 3. The first-order valence-corrected chi connectivity index (χ1v) is 8.39. The molecule has 0 radical (unpaired) electrons. The lowest BCUT2D eigenvalue weighted by molar-refractivity contribution is -0.140. The highest BCUT2D eigenvalue weighted by atomic mass is 16.5. The summed E-state index contributed by atoms with van der Waals surface area (Å²) in [4.78, 5) is 43.2. The van der Waals surface area contributed by atoms with Gasteiger partial charge in [-0.05, 0) is 11.6 Å². The van der Waals surface area contributed by atoms with E-state index in [-0.39, 0.29) is 11.9 Å². The molecule has 2 heterocycles. The number of aliphatic carboxylic acids is 1. The number of nitrogens with two attached hydrogens (primary N) is 1. The van der Waals surface area contributed by atoms with Crippen LogP contribution in [0.1, 0.15) is 24.8 Å². The number of fused-ring (bicyclic) bond motifs is 1. The van der Waals surface area contributed by atoms with Gasteiger partial charge in [0.2, 0.25) is 5.91 Å². The molecule has 3 rings (SSSR count). The second-order valence-electron chi connectivity index (χ2n) is 6.45. The van der Waals surface area contributed by atoms with Crippen molar-refractivity contribution in [3.05, 3.63) is 36.0 Å². The van der Waals surface area contributed by atoms with Gasteiger partial charge in [-0.1, -0.05) is 25.1 Å². The van der Waals surface area contributed by atoms with Gasteiger partial charge < -0.3 is 20.6 Å². The Morgan fingerprint density at radius 2 is 2.11 bits per heavy atom. The van der Waals surface area contributed by atoms with Crippen molar-refractivity contribution in [2.24, 2.45) is 10.7 Å². The summed E-state index contributed by atoms with van der Waals surface area (Å²) in [5.74, 6) is -2.70. The fourth-order valence-corrected chi connectivity index (χ4v) is 3.07. The highest BCUT2D eigenvalue weighted by Gasteiger charge is 2.39. The zero-order chi connectivity index (χ0) is 19.7. The van der Waals surface area contributed by atoms with Crippen LogP contribution in [-0.2, 0) is 19.1 Å². The third kappa shape index (κ3) is 3.54. The molecular formula is C18H20N4O5. The topological polar surface area (TPSA) is 138 Å². The zero-order valence-corrected chi connectivity index (χ0v) is 14.9. The zero-order valence-electron chi connectivity index (χ0n) is 14.9. The van der Waals surface area contributed by atoms with Crippen molar-refractivity contribution >= 4 is 34.7 Å². The Morgan fingerprint density at radius 1 is 1.41 bits per heavy atom. The van der Waals surface area contributed by atoms with Crippen molar-refractivity contribution in [2.75, 3.05) is 7.05 Å². The molecule has 9 nitrogen and oxygen atoms in total. The van der Waals surface area contributed by atoms with E-state index in [0.29, 0.717) is 0 Å². The maximum atomic E-state index is 12.3. The van der Waals surface area contributed by atoms with E-state index in [1.807, 2.05) is 37.4 Å². The van der Waals surface area contributed by atoms with Crippen LogP contribution in [0.25, 0.3) is 10.9 Å². The van der Waals surface area contributed by atoms with Crippen molar-refractivity contribution < 1.29 is 24.2 Å². The number of ether oxygens (including phenoxy) is 1. The average molecular weight is 372 g/mol. The predicted octanol–water partition coefficient (Wildman–Crippen LogP) is 0.813. The number of H-pyrrole nitrogens is 1. The number of aliphatic imine (C=N–C) groups is 1. The molecule has 2 aromatic rings. The Hall–Kier alpha value is -3.20. The van der Waals surface area contributed by atoms with Gasteiger partial charge in [0.25, 0.3) is 5.91 Å². The van der Waals surface area contributed by atoms with Crippen LogP contribution in [0.5, 0.6) is 0 Å². The summed E-state index contributed by atoms with van der Waals surface area (Å²) in [7, 11) is 1.34. The number of nitrogens with one attached hydrogen (secondary N) is 1. The highest BCUT2D eigenvalue weighted by molar-refractivity contribution is 6.06. The summed E-state index contributed by atoms with van der Waals surface area (Å²) in [6, 6.07) is 6.26. The van der Waals surface area contributed by atoms with E-state index in [1.165, 1.54) is 7.05 Å². The number of amides is 2. The van der Waals surface area contributed by atoms with E-state index in [9.17, 15) is 14.4 Å². The molecule has 1 aromatic carbocycles. The van der Waals surface area contributed by atoms with Gasteiger partial charge in [-0.3, -0.25) is 19.3 Å². The number of rotatable bonds is 5. The fourth-order valence-electron chi connectivity index (χ4n) is 3.07. The van der Waals surface area contributed by atoms with Gasteiger partial charge in [0.05, 0.1) is 12.5 Å². The van der Waals surface area contributed by atoms with Crippen LogP contribution in [0.2, 0.25) is 0 Å². The minimum Gasteiger partial charge on any atom is -0.481 e. The number of carboxylic acids is 1. The Balaban J connectivity index is 1.75. The Labute approximate surface area is 154 Å². The number of carboxylic acid groups (broad SMARTS) is 1. The van der Waals surface area contributed by atoms with Crippen molar-refractivity contribution in [3.8, 4) is 0 Å². The van der Waals surface area contributed by atoms with E-state index in [1.54, 1.807) is 0 Å². The van der Waals surface area contributed by atoms with Crippen molar-refractivity contribution in [2.45, 2.75) is 31.4 Å². The first kappa shape index (κ1) is 18.6. The SMILES string of the molecule is C[C@H](c1c[nH]c2ccccc12)[C@@H]1OC(N(C)C(=O)[C@@H](N)CC(=O)O)=NC1=O. The van der Waals surface area contributed by atoms with E-state index in [2.05, 4.69) is 9.98 Å². The number of para-hydroxylation sites is 1. The number of aromatic amines is 1. The molecule has 1 aliphatic heterocycles. The van der Waals surface area contributed by atoms with Crippen LogP contribution in [-0.4, -0.2) is 58.0 Å². The summed E-state index contributed by atoms with van der Waals surface area (Å²) >= 11 is 0. The quantitative estimate of drug-likeness (QED) is 0.710. The lowest BCUT2D eigenvalue weighted by Crippen LogP contribution is -2.46. The van der Waals surface area contributed by atoms with Crippen LogP contribution >= 0.6 is 0 Å². The standard InChI is InChI=1S/C18H20N4O5/c1-9(11-8-20-13-6-4-3-5-10(11)13)15-16(25)21-18(27-15)22(2)17(26)12(19)7-14(23)24/h3-6,8-9,12,15,20H,7,19H2,1-2H3,(H,23,24)/t9-,12+,15+/m1/s1. The van der Waals surface area contributed by atoms with Gasteiger partial charge in [-0.15, -0.1) is 0 Å². The highest BCUT2D eigenvalue weighted by Crippen LogP contribution is 2.31. The molecule has 9 heteroatoms. The molecule has 1 aromatic heterocycles. The van der Waals surface area contributed by atoms with Crippen LogP contribution in [0.4, 0.5) is 0 Å². The van der Waals surface area contributed by atoms with Crippen LogP contribution in [0.15, 0.2) is 35.5 Å². The summed E-state index contributed by atoms with van der Waals surface area (Å²) in [5.41, 5.74) is 7.43. The molecular weight excluding hydrogens is 352 g/mol. The normalized spacial score (nSPS) is 18.7. The van der Waals surface area contributed by atoms with E-state index < -0.39 is 36.4 Å². The first-order valence-electron chi connectivity index (χ1n) is 8.39. The number of carbonyl (C=O) groups is 3. The Morgan fingerprint density at radius 3 is 2.81 bits per heavy atom. The smallest absolute Gasteiger partial charge is 0.305 e. The molecule has 0 saturated carbocycles. The third-order valence-electron chi connectivity index (χ3n) is 4.58. The summed E-state index contributed by atoms with van der Waals surface area (Å²) in [6.45, 7) is 1.84. The number of nitrogens with zero attached hydrogens (tertiary/aromatic N) is 2. The maximum absolute atomic E-state index is 12.3. The Kier molecular flexibility index (Phi) is 4.95. The molecule has 142 valence electrons. The van der Waals surface area contributed by atoms with Gasteiger partial charge in [0.15, 0.2) is 6.10 Å². The minimum atomic E-state index is -1.25. The van der Waals surface area contributed by atoms with E-state index in [4.69, 9.17) is 15.6 Å². The van der Waals surface area contributed by atoms with Crippen molar-refractivity contribution in [1.82, 2.24) is 9.88 Å². The molecule has 0 aliphatic carbocycles. The molecule has 0 unspecified atom stereocenters. The molecule has 0 saturated heterocycles. The number of carbonyl (C=O) groups excluding carboxylic acids is 2. The summed E-state index contributed by atoms with van der Waals surface area (Å²) in [6.07, 6.45) is 0.409. The summed E-state index contributed by atoms with van der Waals surface area (Å²) < 4.78 is 5.63. The molecule has 0 spiro atoms. The van der Waals surface area contributed by atoms with Gasteiger partial charge >= 0.3 is 12.0 Å². The number of hydrogen-bond acceptors (Lipinski definition) is 5. The van der Waals surface area contributed by atoms with Gasteiger partial charge in [0, 0.05) is 30.1 Å². The predicted molar refractivity (Wildman–Crippen MR) is 97.0 cm³/mol. The number of amidine groups is 1. The first-order chi connectivity index (χ1) is 12.8. The molecule has 0 bridgehead atoms. The molecule has 0 fully saturated rings. The number of benzene rings is 1. The lowest BCUT2D eigenvalue weighted by Gasteiger charge is -2.22. The Bertz CT molecular complexity index is 935. The second-order valence-corrected chi connectivity index (χ2v) is 6.45. The van der Waals surface area contributed by atoms with E-state index in [0.717, 1.165) is 21.4 Å². The average Bonchev–Trinajstić information content (AvgIpc) is 3.23. The molecule has 1 aliphatic rings. The third-order valence-corrected chi connectivity index (χ3v) is 4.58. The van der Waals surface area contributed by atoms with Gasteiger partial charge in [-0.25, -0.2) is 0 Å². The molecule has 3 atom stereocenters. The fraction of sp³-hybridized carbons (Fsp3) is 0.333. The molecule has 2 amide bonds. The number of aromatic nitrogens is 1. The van der Waals surface area contributed by atoms with Gasteiger partial charge in [-0.2, -0.15) is 4.99 Å². The molecule has 27 heavy (non-hydrogen) atoms. The molecule has 4 N–H and O–H groups in total. The van der Waals surface area contributed by atoms with E-state index >= 15 is 0 Å². The second kappa shape index (κ2) is 7.20. The van der Waals surface area contributed by atoms with Crippen molar-refractivity contribution in [1.29, 1.82) is 0 Å². The van der Waals surface area contributed by atoms with Gasteiger partial charge in [0.1, 0.15) is 0 Å². The lowest BCUT2D eigenvalue weighted by atomic mass is 9.94.